The van der Waals surface area contributed by atoms with Crippen molar-refractivity contribution >= 4 is 0 Å². The Balaban J connectivity index is 1.98. The van der Waals surface area contributed by atoms with Crippen LogP contribution in [0.3, 0.4) is 0 Å². The molecule has 1 saturated heterocycles. The van der Waals surface area contributed by atoms with Crippen LogP contribution in [0.1, 0.15) is 24.7 Å². The summed E-state index contributed by atoms with van der Waals surface area (Å²) in [5.41, 5.74) is 0. The number of hydrogen-bond acceptors (Lipinski definition) is 6. The number of aliphatic hydroxyl groups is 1. The quantitative estimate of drug-likeness (QED) is 0.725. The van der Waals surface area contributed by atoms with E-state index in [0.717, 1.165) is 26.2 Å². The van der Waals surface area contributed by atoms with Crippen molar-refractivity contribution in [2.45, 2.75) is 19.4 Å². The van der Waals surface area contributed by atoms with Gasteiger partial charge in [0.05, 0.1) is 12.6 Å². The molecular weight excluding hydrogens is 208 g/mol. The molecule has 2 rings (SSSR count). The lowest BCUT2D eigenvalue weighted by molar-refractivity contribution is 0.154. The molecule has 0 spiro atoms. The van der Waals surface area contributed by atoms with E-state index in [9.17, 15) is 0 Å². The summed E-state index contributed by atoms with van der Waals surface area (Å²) in [6.07, 6.45) is 0.456. The first kappa shape index (κ1) is 11.5. The van der Waals surface area contributed by atoms with Crippen molar-refractivity contribution in [3.8, 4) is 0 Å². The van der Waals surface area contributed by atoms with E-state index in [1.807, 2.05) is 0 Å². The van der Waals surface area contributed by atoms with Gasteiger partial charge in [0.1, 0.15) is 0 Å². The van der Waals surface area contributed by atoms with Gasteiger partial charge in [-0.1, -0.05) is 5.16 Å². The summed E-state index contributed by atoms with van der Waals surface area (Å²) in [5, 5.41) is 15.9. The van der Waals surface area contributed by atoms with E-state index in [-0.39, 0.29) is 12.6 Å². The Morgan fingerprint density at radius 2 is 2.25 bits per heavy atom. The number of nitrogens with zero attached hydrogens (tertiary/aromatic N) is 3. The maximum absolute atomic E-state index is 8.78. The molecule has 2 N–H and O–H groups in total. The molecule has 0 radical (unpaired) electrons. The normalized spacial score (nSPS) is 19.9. The SMILES string of the molecule is CC(c1nc(CCO)no1)N1CCNCC1. The Morgan fingerprint density at radius 1 is 1.50 bits per heavy atom. The van der Waals surface area contributed by atoms with Crippen molar-refractivity contribution in [1.29, 1.82) is 0 Å². The fourth-order valence-electron chi connectivity index (χ4n) is 1.86. The van der Waals surface area contributed by atoms with Gasteiger partial charge in [-0.25, -0.2) is 0 Å². The molecule has 0 aliphatic carbocycles. The first-order valence-corrected chi connectivity index (χ1v) is 5.69. The second kappa shape index (κ2) is 5.38. The van der Waals surface area contributed by atoms with Crippen molar-refractivity contribution in [2.75, 3.05) is 32.8 Å². The standard InChI is InChI=1S/C10H18N4O2/c1-8(14-5-3-11-4-6-14)10-12-9(2-7-15)13-16-10/h8,11,15H,2-7H2,1H3. The summed E-state index contributed by atoms with van der Waals surface area (Å²) in [4.78, 5) is 6.59. The van der Waals surface area contributed by atoms with Crippen LogP contribution in [0, 0.1) is 0 Å². The molecule has 0 saturated carbocycles. The van der Waals surface area contributed by atoms with Crippen molar-refractivity contribution in [3.05, 3.63) is 11.7 Å². The third-order valence-electron chi connectivity index (χ3n) is 2.88. The summed E-state index contributed by atoms with van der Waals surface area (Å²) in [6.45, 7) is 6.13. The van der Waals surface area contributed by atoms with Crippen LogP contribution in [-0.4, -0.2) is 52.9 Å². The minimum absolute atomic E-state index is 0.0565. The van der Waals surface area contributed by atoms with Crippen molar-refractivity contribution in [2.24, 2.45) is 0 Å². The summed E-state index contributed by atoms with van der Waals surface area (Å²) in [6, 6.07) is 0.155. The van der Waals surface area contributed by atoms with Crippen LogP contribution in [0.5, 0.6) is 0 Å². The molecule has 1 fully saturated rings. The van der Waals surface area contributed by atoms with Crippen LogP contribution in [-0.2, 0) is 6.42 Å². The van der Waals surface area contributed by atoms with Crippen LogP contribution >= 0.6 is 0 Å². The van der Waals surface area contributed by atoms with E-state index in [2.05, 4.69) is 27.3 Å². The molecule has 16 heavy (non-hydrogen) atoms. The molecule has 90 valence electrons. The van der Waals surface area contributed by atoms with Crippen LogP contribution in [0.15, 0.2) is 4.52 Å². The van der Waals surface area contributed by atoms with E-state index in [4.69, 9.17) is 9.63 Å². The van der Waals surface area contributed by atoms with Gasteiger partial charge in [-0.2, -0.15) is 4.98 Å². The van der Waals surface area contributed by atoms with Gasteiger partial charge in [0.25, 0.3) is 0 Å². The molecule has 1 aliphatic heterocycles. The summed E-state index contributed by atoms with van der Waals surface area (Å²) < 4.78 is 5.20. The smallest absolute Gasteiger partial charge is 0.243 e. The molecule has 1 unspecified atom stereocenters. The number of piperazine rings is 1. The summed E-state index contributed by atoms with van der Waals surface area (Å²) in [5.74, 6) is 1.23. The zero-order valence-electron chi connectivity index (χ0n) is 9.52. The molecule has 2 heterocycles. The van der Waals surface area contributed by atoms with Crippen LogP contribution in [0.4, 0.5) is 0 Å². The summed E-state index contributed by atoms with van der Waals surface area (Å²) in [7, 11) is 0. The molecule has 1 atom stereocenters. The average molecular weight is 226 g/mol. The van der Waals surface area contributed by atoms with Gasteiger partial charge in [0.2, 0.25) is 5.89 Å². The monoisotopic (exact) mass is 226 g/mol. The van der Waals surface area contributed by atoms with Crippen LogP contribution < -0.4 is 5.32 Å². The van der Waals surface area contributed by atoms with E-state index in [1.165, 1.54) is 0 Å². The van der Waals surface area contributed by atoms with Crippen LogP contribution in [0.2, 0.25) is 0 Å². The van der Waals surface area contributed by atoms with Gasteiger partial charge in [-0.05, 0) is 6.92 Å². The Morgan fingerprint density at radius 3 is 2.94 bits per heavy atom. The van der Waals surface area contributed by atoms with Gasteiger partial charge in [-0.15, -0.1) is 0 Å². The first-order valence-electron chi connectivity index (χ1n) is 5.69. The number of rotatable bonds is 4. The number of aliphatic hydroxyl groups excluding tert-OH is 1. The third-order valence-corrected chi connectivity index (χ3v) is 2.88. The highest BCUT2D eigenvalue weighted by atomic mass is 16.5. The van der Waals surface area contributed by atoms with E-state index >= 15 is 0 Å². The Kier molecular flexibility index (Phi) is 3.87. The highest BCUT2D eigenvalue weighted by Gasteiger charge is 2.22. The summed E-state index contributed by atoms with van der Waals surface area (Å²) >= 11 is 0. The third kappa shape index (κ3) is 2.58. The largest absolute Gasteiger partial charge is 0.396 e. The number of hydrogen-bond donors (Lipinski definition) is 2. The van der Waals surface area contributed by atoms with Crippen molar-refractivity contribution < 1.29 is 9.63 Å². The molecule has 6 nitrogen and oxygen atoms in total. The average Bonchev–Trinajstić information content (AvgIpc) is 2.78. The molecular formula is C10H18N4O2. The lowest BCUT2D eigenvalue weighted by Crippen LogP contribution is -2.44. The predicted molar refractivity (Wildman–Crippen MR) is 57.9 cm³/mol. The molecule has 0 aromatic carbocycles. The van der Waals surface area contributed by atoms with E-state index in [1.54, 1.807) is 0 Å². The van der Waals surface area contributed by atoms with Gasteiger partial charge < -0.3 is 14.9 Å². The zero-order chi connectivity index (χ0) is 11.4. The topological polar surface area (TPSA) is 74.4 Å². The van der Waals surface area contributed by atoms with E-state index in [0.29, 0.717) is 18.1 Å². The van der Waals surface area contributed by atoms with Gasteiger partial charge in [0, 0.05) is 32.6 Å². The molecule has 0 bridgehead atoms. The van der Waals surface area contributed by atoms with Gasteiger partial charge in [0.15, 0.2) is 5.82 Å². The van der Waals surface area contributed by atoms with Crippen LogP contribution in [0.25, 0.3) is 0 Å². The second-order valence-electron chi connectivity index (χ2n) is 3.98. The lowest BCUT2D eigenvalue weighted by atomic mass is 10.2. The molecule has 6 heteroatoms. The number of nitrogens with one attached hydrogen (secondary N) is 1. The minimum Gasteiger partial charge on any atom is -0.396 e. The fourth-order valence-corrected chi connectivity index (χ4v) is 1.86. The molecule has 1 aromatic rings. The minimum atomic E-state index is 0.0565. The second-order valence-corrected chi connectivity index (χ2v) is 3.98. The molecule has 1 aliphatic rings. The fraction of sp³-hybridized carbons (Fsp3) is 0.800. The molecule has 1 aromatic heterocycles. The Bertz CT molecular complexity index is 322. The Labute approximate surface area is 94.6 Å². The van der Waals surface area contributed by atoms with Gasteiger partial charge >= 0.3 is 0 Å². The predicted octanol–water partition coefficient (Wildman–Crippen LogP) is -0.429. The highest BCUT2D eigenvalue weighted by molar-refractivity contribution is 4.93. The van der Waals surface area contributed by atoms with E-state index < -0.39 is 0 Å². The highest BCUT2D eigenvalue weighted by Crippen LogP contribution is 2.18. The first-order chi connectivity index (χ1) is 7.81. The lowest BCUT2D eigenvalue weighted by Gasteiger charge is -2.30. The maximum atomic E-state index is 8.78. The maximum Gasteiger partial charge on any atom is 0.243 e. The van der Waals surface area contributed by atoms with Crippen molar-refractivity contribution in [3.63, 3.8) is 0 Å². The van der Waals surface area contributed by atoms with Crippen molar-refractivity contribution in [1.82, 2.24) is 20.4 Å². The zero-order valence-corrected chi connectivity index (χ0v) is 9.52. The van der Waals surface area contributed by atoms with Gasteiger partial charge in [-0.3, -0.25) is 4.90 Å². The number of aromatic nitrogens is 2. The Hall–Kier alpha value is -0.980. The molecule has 0 amide bonds.